The highest BCUT2D eigenvalue weighted by molar-refractivity contribution is 6.00. The number of carbonyl (C=O) groups excluding carboxylic acids is 2. The third-order valence-corrected chi connectivity index (χ3v) is 7.59. The van der Waals surface area contributed by atoms with Gasteiger partial charge in [0.05, 0.1) is 0 Å². The molecule has 2 aromatic carbocycles. The van der Waals surface area contributed by atoms with Gasteiger partial charge in [-0.25, -0.2) is 4.39 Å². The molecule has 5 nitrogen and oxygen atoms in total. The maximum absolute atomic E-state index is 14.7. The lowest BCUT2D eigenvalue weighted by Gasteiger charge is -2.43. The molecule has 188 valence electrons. The number of halogens is 1. The van der Waals surface area contributed by atoms with Crippen LogP contribution in [0, 0.1) is 30.5 Å². The van der Waals surface area contributed by atoms with Gasteiger partial charge in [-0.1, -0.05) is 24.3 Å². The van der Waals surface area contributed by atoms with Crippen LogP contribution in [-0.4, -0.2) is 66.7 Å². The Bertz CT molecular complexity index is 1070. The highest BCUT2D eigenvalue weighted by Gasteiger charge is 2.48. The molecule has 3 atom stereocenters. The quantitative estimate of drug-likeness (QED) is 0.395. The number of carbonyl (C=O) groups is 2. The summed E-state index contributed by atoms with van der Waals surface area (Å²) in [6.45, 7) is 4.68. The van der Waals surface area contributed by atoms with Crippen molar-refractivity contribution in [1.82, 2.24) is 9.80 Å². The Kier molecular flexibility index (Phi) is 8.02. The monoisotopic (exact) mass is 480 g/mol. The summed E-state index contributed by atoms with van der Waals surface area (Å²) in [6.07, 6.45) is 3.83. The number of ketones is 2. The van der Waals surface area contributed by atoms with E-state index in [2.05, 4.69) is 23.9 Å². The van der Waals surface area contributed by atoms with E-state index in [0.717, 1.165) is 44.3 Å². The van der Waals surface area contributed by atoms with Crippen molar-refractivity contribution < 1.29 is 19.1 Å². The SMILES string of the molecule is Cc1c(F)cccc1[C@@H]1[C@@H](C(=O)c2cccc(O)c2)CN(CCCCN(C)C)C[C@H]1C(=O)C1CC1. The van der Waals surface area contributed by atoms with Crippen molar-refractivity contribution in [3.05, 3.63) is 65.0 Å². The minimum Gasteiger partial charge on any atom is -0.508 e. The van der Waals surface area contributed by atoms with Gasteiger partial charge in [0.25, 0.3) is 0 Å². The Morgan fingerprint density at radius 2 is 1.77 bits per heavy atom. The van der Waals surface area contributed by atoms with Crippen molar-refractivity contribution in [2.75, 3.05) is 40.3 Å². The Hall–Kier alpha value is -2.57. The summed E-state index contributed by atoms with van der Waals surface area (Å²) in [5, 5.41) is 10.0. The summed E-state index contributed by atoms with van der Waals surface area (Å²) < 4.78 is 14.7. The lowest BCUT2D eigenvalue weighted by Crippen LogP contribution is -2.51. The number of Topliss-reactive ketones (excluding diaryl/α,β-unsaturated/α-hetero) is 2. The maximum Gasteiger partial charge on any atom is 0.167 e. The normalized spacial score (nSPS) is 22.9. The van der Waals surface area contributed by atoms with Gasteiger partial charge in [0.2, 0.25) is 0 Å². The molecule has 1 aliphatic heterocycles. The average molecular weight is 481 g/mol. The molecule has 0 unspecified atom stereocenters. The topological polar surface area (TPSA) is 60.9 Å². The van der Waals surface area contributed by atoms with Crippen LogP contribution in [0.3, 0.4) is 0 Å². The Balaban J connectivity index is 1.71. The number of benzene rings is 2. The fourth-order valence-corrected chi connectivity index (χ4v) is 5.56. The first-order valence-electron chi connectivity index (χ1n) is 12.7. The van der Waals surface area contributed by atoms with Crippen molar-refractivity contribution in [1.29, 1.82) is 0 Å². The van der Waals surface area contributed by atoms with Gasteiger partial charge >= 0.3 is 0 Å². The van der Waals surface area contributed by atoms with Gasteiger partial charge in [0, 0.05) is 42.3 Å². The number of phenolic OH excluding ortho intramolecular Hbond substituents is 1. The number of aromatic hydroxyl groups is 1. The van der Waals surface area contributed by atoms with E-state index < -0.39 is 5.92 Å². The number of nitrogens with zero attached hydrogens (tertiary/aromatic N) is 2. The highest BCUT2D eigenvalue weighted by atomic mass is 19.1. The van der Waals surface area contributed by atoms with Crippen LogP contribution in [0.5, 0.6) is 5.75 Å². The van der Waals surface area contributed by atoms with Crippen molar-refractivity contribution in [2.45, 2.75) is 38.5 Å². The number of hydrogen-bond acceptors (Lipinski definition) is 5. The summed E-state index contributed by atoms with van der Waals surface area (Å²) in [5.41, 5.74) is 1.70. The van der Waals surface area contributed by atoms with E-state index in [1.807, 2.05) is 6.07 Å². The second-order valence-corrected chi connectivity index (χ2v) is 10.6. The molecule has 1 heterocycles. The lowest BCUT2D eigenvalue weighted by atomic mass is 9.68. The lowest BCUT2D eigenvalue weighted by molar-refractivity contribution is -0.127. The van der Waals surface area contributed by atoms with Crippen molar-refractivity contribution in [2.24, 2.45) is 17.8 Å². The van der Waals surface area contributed by atoms with Crippen LogP contribution in [0.2, 0.25) is 0 Å². The van der Waals surface area contributed by atoms with Crippen molar-refractivity contribution in [3.63, 3.8) is 0 Å². The number of hydrogen-bond donors (Lipinski definition) is 1. The third kappa shape index (κ3) is 5.99. The number of unbranched alkanes of at least 4 members (excludes halogenated alkanes) is 1. The summed E-state index contributed by atoms with van der Waals surface area (Å²) >= 11 is 0. The molecule has 2 aliphatic rings. The molecular formula is C29H37FN2O3. The van der Waals surface area contributed by atoms with E-state index in [1.165, 1.54) is 12.1 Å². The number of piperidine rings is 1. The van der Waals surface area contributed by atoms with Crippen LogP contribution >= 0.6 is 0 Å². The Morgan fingerprint density at radius 3 is 2.46 bits per heavy atom. The molecule has 6 heteroatoms. The molecule has 0 aromatic heterocycles. The van der Waals surface area contributed by atoms with E-state index in [0.29, 0.717) is 24.2 Å². The first-order chi connectivity index (χ1) is 16.8. The number of rotatable bonds is 10. The molecule has 0 radical (unpaired) electrons. The van der Waals surface area contributed by atoms with Crippen LogP contribution in [-0.2, 0) is 4.79 Å². The van der Waals surface area contributed by atoms with E-state index >= 15 is 0 Å². The average Bonchev–Trinajstić information content (AvgIpc) is 3.68. The van der Waals surface area contributed by atoms with Crippen molar-refractivity contribution in [3.8, 4) is 5.75 Å². The largest absolute Gasteiger partial charge is 0.508 e. The van der Waals surface area contributed by atoms with Gasteiger partial charge < -0.3 is 14.9 Å². The first kappa shape index (κ1) is 25.5. The van der Waals surface area contributed by atoms with E-state index in [9.17, 15) is 19.1 Å². The molecule has 1 saturated heterocycles. The zero-order valence-corrected chi connectivity index (χ0v) is 21.0. The number of phenols is 1. The minimum atomic E-state index is -0.493. The molecule has 35 heavy (non-hydrogen) atoms. The highest BCUT2D eigenvalue weighted by Crippen LogP contribution is 2.45. The predicted molar refractivity (Wildman–Crippen MR) is 135 cm³/mol. The van der Waals surface area contributed by atoms with Crippen LogP contribution < -0.4 is 0 Å². The van der Waals surface area contributed by atoms with Crippen LogP contribution in [0.25, 0.3) is 0 Å². The van der Waals surface area contributed by atoms with Crippen LogP contribution in [0.4, 0.5) is 4.39 Å². The fraction of sp³-hybridized carbons (Fsp3) is 0.517. The smallest absolute Gasteiger partial charge is 0.167 e. The Labute approximate surface area is 207 Å². The Morgan fingerprint density at radius 1 is 1.06 bits per heavy atom. The van der Waals surface area contributed by atoms with Gasteiger partial charge in [0.1, 0.15) is 17.3 Å². The predicted octanol–water partition coefficient (Wildman–Crippen LogP) is 4.68. The third-order valence-electron chi connectivity index (χ3n) is 7.59. The van der Waals surface area contributed by atoms with Gasteiger partial charge in [-0.15, -0.1) is 0 Å². The molecule has 0 amide bonds. The van der Waals surface area contributed by atoms with Crippen LogP contribution in [0.15, 0.2) is 42.5 Å². The molecule has 1 saturated carbocycles. The van der Waals surface area contributed by atoms with Gasteiger partial charge in [-0.2, -0.15) is 0 Å². The van der Waals surface area contributed by atoms with Crippen molar-refractivity contribution >= 4 is 11.6 Å². The number of likely N-dealkylation sites (tertiary alicyclic amines) is 1. The summed E-state index contributed by atoms with van der Waals surface area (Å²) in [5.74, 6) is -1.32. The molecule has 0 spiro atoms. The van der Waals surface area contributed by atoms with Gasteiger partial charge in [-0.05, 0) is 89.1 Å². The molecular weight excluding hydrogens is 443 g/mol. The zero-order chi connectivity index (χ0) is 25.1. The molecule has 1 N–H and O–H groups in total. The minimum absolute atomic E-state index is 0.0382. The maximum atomic E-state index is 14.7. The molecule has 2 fully saturated rings. The van der Waals surface area contributed by atoms with E-state index in [4.69, 9.17) is 0 Å². The van der Waals surface area contributed by atoms with Gasteiger partial charge in [0.15, 0.2) is 5.78 Å². The van der Waals surface area contributed by atoms with Crippen LogP contribution in [0.1, 0.15) is 53.1 Å². The second kappa shape index (κ2) is 11.0. The van der Waals surface area contributed by atoms with E-state index in [-0.39, 0.29) is 40.9 Å². The van der Waals surface area contributed by atoms with E-state index in [1.54, 1.807) is 31.2 Å². The zero-order valence-electron chi connectivity index (χ0n) is 21.0. The summed E-state index contributed by atoms with van der Waals surface area (Å²) in [6, 6.07) is 11.4. The molecule has 4 rings (SSSR count). The summed E-state index contributed by atoms with van der Waals surface area (Å²) in [4.78, 5) is 31.9. The summed E-state index contributed by atoms with van der Waals surface area (Å²) in [7, 11) is 4.11. The molecule has 2 aromatic rings. The van der Waals surface area contributed by atoms with Gasteiger partial charge in [-0.3, -0.25) is 9.59 Å². The standard InChI is InChI=1S/C29H37FN2O3/c1-19-23(10-7-11-26(19)30)27-24(28(34)20-12-13-20)17-32(15-5-4-14-31(2)3)18-25(27)29(35)21-8-6-9-22(33)16-21/h6-11,16,20,24-25,27,33H,4-5,12-15,17-18H2,1-3H3/t24-,25+,27+/m1/s1. The second-order valence-electron chi connectivity index (χ2n) is 10.6. The molecule has 0 bridgehead atoms. The molecule has 1 aliphatic carbocycles. The fourth-order valence-electron chi connectivity index (χ4n) is 5.56. The first-order valence-corrected chi connectivity index (χ1v) is 12.7.